The van der Waals surface area contributed by atoms with Crippen molar-refractivity contribution in [1.29, 1.82) is 0 Å². The quantitative estimate of drug-likeness (QED) is 0.802. The maximum atomic E-state index is 12.8. The lowest BCUT2D eigenvalue weighted by atomic mass is 9.87. The highest BCUT2D eigenvalue weighted by atomic mass is 16.5. The summed E-state index contributed by atoms with van der Waals surface area (Å²) in [7, 11) is 3.71. The number of hydrogen-bond acceptors (Lipinski definition) is 5. The van der Waals surface area contributed by atoms with E-state index in [1.807, 2.05) is 38.4 Å². The van der Waals surface area contributed by atoms with E-state index in [1.165, 1.54) is 0 Å². The number of amides is 2. The van der Waals surface area contributed by atoms with Crippen molar-refractivity contribution in [2.45, 2.75) is 30.9 Å². The van der Waals surface area contributed by atoms with Crippen molar-refractivity contribution in [2.75, 3.05) is 27.2 Å². The van der Waals surface area contributed by atoms with Gasteiger partial charge in [-0.3, -0.25) is 14.9 Å². The number of carbonyl (C=O) groups is 2. The second-order valence-corrected chi connectivity index (χ2v) is 7.06. The monoisotopic (exact) mass is 342 g/mol. The predicted octanol–water partition coefficient (Wildman–Crippen LogP) is 0.399. The number of benzene rings is 1. The molecule has 1 spiro atoms. The van der Waals surface area contributed by atoms with Gasteiger partial charge in [0, 0.05) is 33.6 Å². The molecule has 3 aliphatic rings. The third-order valence-electron chi connectivity index (χ3n) is 5.22. The van der Waals surface area contributed by atoms with E-state index >= 15 is 0 Å². The van der Waals surface area contributed by atoms with Crippen LogP contribution in [0.15, 0.2) is 29.3 Å². The normalized spacial score (nSPS) is 23.8. The molecule has 3 aliphatic heterocycles. The molecule has 4 rings (SSSR count). The van der Waals surface area contributed by atoms with E-state index in [0.29, 0.717) is 38.3 Å². The van der Waals surface area contributed by atoms with Crippen LogP contribution in [0.25, 0.3) is 0 Å². The molecule has 2 amide bonds. The molecule has 0 radical (unpaired) electrons. The number of hydrogen-bond donors (Lipinski definition) is 1. The van der Waals surface area contributed by atoms with E-state index < -0.39 is 11.6 Å². The number of piperidine rings is 1. The fourth-order valence-corrected chi connectivity index (χ4v) is 3.67. The summed E-state index contributed by atoms with van der Waals surface area (Å²) in [5.41, 5.74) is 0.348. The highest BCUT2D eigenvalue weighted by molar-refractivity contribution is 6.07. The molecular formula is C18H22N4O3. The molecule has 1 N–H and O–H groups in total. The molecular weight excluding hydrogens is 320 g/mol. The average molecular weight is 342 g/mol. The largest absolute Gasteiger partial charge is 0.480 e. The summed E-state index contributed by atoms with van der Waals surface area (Å²) < 4.78 is 5.80. The van der Waals surface area contributed by atoms with Gasteiger partial charge in [-0.2, -0.15) is 0 Å². The zero-order valence-corrected chi connectivity index (χ0v) is 14.5. The standard InChI is InChI=1S/C18H22N4O3/c1-21(2)17-19-16(24)18(20-17)7-9-22(10-8-18)15(23)14-11-12-5-3-4-6-13(12)25-14/h3-6,14H,7-11H2,1-2H3,(H,19,20,24). The van der Waals surface area contributed by atoms with Gasteiger partial charge >= 0.3 is 0 Å². The molecule has 7 nitrogen and oxygen atoms in total. The van der Waals surface area contributed by atoms with Gasteiger partial charge in [-0.25, -0.2) is 4.99 Å². The van der Waals surface area contributed by atoms with Crippen LogP contribution in [-0.4, -0.2) is 66.4 Å². The van der Waals surface area contributed by atoms with Gasteiger partial charge in [0.15, 0.2) is 6.10 Å². The van der Waals surface area contributed by atoms with Crippen LogP contribution < -0.4 is 10.1 Å². The average Bonchev–Trinajstić information content (AvgIpc) is 3.17. The fraction of sp³-hybridized carbons (Fsp3) is 0.500. The lowest BCUT2D eigenvalue weighted by Gasteiger charge is -2.36. The van der Waals surface area contributed by atoms with Gasteiger partial charge in [-0.15, -0.1) is 0 Å². The first-order chi connectivity index (χ1) is 12.0. The molecule has 1 saturated heterocycles. The van der Waals surface area contributed by atoms with Crippen molar-refractivity contribution in [2.24, 2.45) is 4.99 Å². The van der Waals surface area contributed by atoms with Gasteiger partial charge in [-0.1, -0.05) is 18.2 Å². The number of ether oxygens (including phenoxy) is 1. The summed E-state index contributed by atoms with van der Waals surface area (Å²) in [5, 5.41) is 2.83. The summed E-state index contributed by atoms with van der Waals surface area (Å²) in [4.78, 5) is 33.3. The highest BCUT2D eigenvalue weighted by Crippen LogP contribution is 2.33. The second kappa shape index (κ2) is 5.75. The van der Waals surface area contributed by atoms with Crippen LogP contribution in [0, 0.1) is 0 Å². The number of fused-ring (bicyclic) bond motifs is 1. The number of guanidine groups is 1. The lowest BCUT2D eigenvalue weighted by molar-refractivity contribution is -0.141. The molecule has 1 atom stereocenters. The topological polar surface area (TPSA) is 74.2 Å². The Morgan fingerprint density at radius 3 is 2.68 bits per heavy atom. The van der Waals surface area contributed by atoms with Crippen LogP contribution in [0.5, 0.6) is 5.75 Å². The first-order valence-corrected chi connectivity index (χ1v) is 8.60. The summed E-state index contributed by atoms with van der Waals surface area (Å²) in [6.07, 6.45) is 1.24. The Hall–Kier alpha value is -2.57. The van der Waals surface area contributed by atoms with Crippen molar-refractivity contribution in [3.05, 3.63) is 29.8 Å². The maximum absolute atomic E-state index is 12.8. The van der Waals surface area contributed by atoms with Gasteiger partial charge in [0.25, 0.3) is 11.8 Å². The van der Waals surface area contributed by atoms with Gasteiger partial charge in [0.1, 0.15) is 11.3 Å². The van der Waals surface area contributed by atoms with Crippen molar-refractivity contribution >= 4 is 17.8 Å². The number of carbonyl (C=O) groups excluding carboxylic acids is 2. The van der Waals surface area contributed by atoms with E-state index in [4.69, 9.17) is 4.74 Å². The number of aliphatic imine (C=N–C) groups is 1. The smallest absolute Gasteiger partial charge is 0.263 e. The lowest BCUT2D eigenvalue weighted by Crippen LogP contribution is -2.53. The SMILES string of the molecule is CN(C)C1=NC2(CCN(C(=O)C3Cc4ccccc4O3)CC2)C(=O)N1. The fourth-order valence-electron chi connectivity index (χ4n) is 3.67. The zero-order valence-electron chi connectivity index (χ0n) is 14.5. The van der Waals surface area contributed by atoms with Crippen LogP contribution >= 0.6 is 0 Å². The number of nitrogens with zero attached hydrogens (tertiary/aromatic N) is 3. The van der Waals surface area contributed by atoms with E-state index in [0.717, 1.165) is 11.3 Å². The molecule has 0 aliphatic carbocycles. The molecule has 1 aromatic carbocycles. The number of para-hydroxylation sites is 1. The van der Waals surface area contributed by atoms with Gasteiger partial charge < -0.3 is 14.5 Å². The zero-order chi connectivity index (χ0) is 17.6. The van der Waals surface area contributed by atoms with Gasteiger partial charge in [0.05, 0.1) is 0 Å². The summed E-state index contributed by atoms with van der Waals surface area (Å²) in [6, 6.07) is 7.76. The number of nitrogens with one attached hydrogen (secondary N) is 1. The molecule has 3 heterocycles. The highest BCUT2D eigenvalue weighted by Gasteiger charge is 2.47. The van der Waals surface area contributed by atoms with E-state index in [1.54, 1.807) is 9.80 Å². The Labute approximate surface area is 146 Å². The Morgan fingerprint density at radius 1 is 1.32 bits per heavy atom. The first kappa shape index (κ1) is 15.9. The van der Waals surface area contributed by atoms with Crippen LogP contribution in [0.1, 0.15) is 18.4 Å². The van der Waals surface area contributed by atoms with Crippen molar-refractivity contribution in [1.82, 2.24) is 15.1 Å². The van der Waals surface area contributed by atoms with E-state index in [9.17, 15) is 9.59 Å². The number of likely N-dealkylation sites (tertiary alicyclic amines) is 1. The molecule has 132 valence electrons. The summed E-state index contributed by atoms with van der Waals surface area (Å²) >= 11 is 0. The van der Waals surface area contributed by atoms with E-state index in [-0.39, 0.29) is 11.8 Å². The van der Waals surface area contributed by atoms with Gasteiger partial charge in [0.2, 0.25) is 5.96 Å². The molecule has 1 aromatic rings. The third-order valence-corrected chi connectivity index (χ3v) is 5.22. The van der Waals surface area contributed by atoms with E-state index in [2.05, 4.69) is 10.3 Å². The van der Waals surface area contributed by atoms with Crippen LogP contribution in [0.3, 0.4) is 0 Å². The van der Waals surface area contributed by atoms with Crippen LogP contribution in [0.2, 0.25) is 0 Å². The van der Waals surface area contributed by atoms with Crippen LogP contribution in [-0.2, 0) is 16.0 Å². The Bertz CT molecular complexity index is 725. The molecule has 0 aromatic heterocycles. The molecule has 1 unspecified atom stereocenters. The Morgan fingerprint density at radius 2 is 2.04 bits per heavy atom. The molecule has 0 bridgehead atoms. The first-order valence-electron chi connectivity index (χ1n) is 8.60. The van der Waals surface area contributed by atoms with Gasteiger partial charge in [-0.05, 0) is 24.5 Å². The minimum Gasteiger partial charge on any atom is -0.480 e. The molecule has 25 heavy (non-hydrogen) atoms. The maximum Gasteiger partial charge on any atom is 0.263 e. The van der Waals surface area contributed by atoms with Crippen molar-refractivity contribution in [3.63, 3.8) is 0 Å². The van der Waals surface area contributed by atoms with Crippen molar-refractivity contribution in [3.8, 4) is 5.75 Å². The minimum absolute atomic E-state index is 0.00117. The minimum atomic E-state index is -0.726. The summed E-state index contributed by atoms with van der Waals surface area (Å²) in [6.45, 7) is 1.04. The molecule has 0 saturated carbocycles. The molecule has 7 heteroatoms. The Balaban J connectivity index is 1.41. The number of rotatable bonds is 1. The van der Waals surface area contributed by atoms with Crippen LogP contribution in [0.4, 0.5) is 0 Å². The second-order valence-electron chi connectivity index (χ2n) is 7.06. The predicted molar refractivity (Wildman–Crippen MR) is 92.4 cm³/mol. The Kier molecular flexibility index (Phi) is 3.67. The van der Waals surface area contributed by atoms with Crippen molar-refractivity contribution < 1.29 is 14.3 Å². The third kappa shape index (κ3) is 2.63. The molecule has 1 fully saturated rings. The summed E-state index contributed by atoms with van der Waals surface area (Å²) in [5.74, 6) is 1.33.